The summed E-state index contributed by atoms with van der Waals surface area (Å²) in [4.78, 5) is 30.3. The van der Waals surface area contributed by atoms with Gasteiger partial charge in [-0.1, -0.05) is 43.9 Å². The number of aromatic amines is 1. The van der Waals surface area contributed by atoms with Crippen molar-refractivity contribution >= 4 is 40.0 Å². The molecule has 0 aliphatic carbocycles. The first-order chi connectivity index (χ1) is 10.9. The zero-order chi connectivity index (χ0) is 17.0. The standard InChI is InChI=1S/C13H18N6O2S2/c1-4-7(22-12-15-8(14)5-9(20)16-12)10(21)17-13-19-18-11(23-13)6(2)3/h5-7H,4H2,1-3H3,(H,17,19,21)(H3,14,15,16,20)/t7-/m0/s1. The van der Waals surface area contributed by atoms with Gasteiger partial charge < -0.3 is 10.7 Å². The number of hydrogen-bond acceptors (Lipinski definition) is 8. The van der Waals surface area contributed by atoms with Gasteiger partial charge in [-0.15, -0.1) is 10.2 Å². The smallest absolute Gasteiger partial charge is 0.253 e. The van der Waals surface area contributed by atoms with E-state index in [4.69, 9.17) is 5.73 Å². The molecule has 4 N–H and O–H groups in total. The molecule has 124 valence electrons. The van der Waals surface area contributed by atoms with E-state index in [1.165, 1.54) is 17.4 Å². The Balaban J connectivity index is 2.07. The third kappa shape index (κ3) is 4.76. The third-order valence-corrected chi connectivity index (χ3v) is 5.21. The van der Waals surface area contributed by atoms with Crippen LogP contribution < -0.4 is 16.6 Å². The lowest BCUT2D eigenvalue weighted by Gasteiger charge is -2.12. The fraction of sp³-hybridized carbons (Fsp3) is 0.462. The molecule has 0 aliphatic rings. The van der Waals surface area contributed by atoms with Crippen molar-refractivity contribution in [2.45, 2.75) is 43.5 Å². The number of thioether (sulfide) groups is 1. The first-order valence-corrected chi connectivity index (χ1v) is 8.76. The van der Waals surface area contributed by atoms with Crippen molar-refractivity contribution in [3.05, 3.63) is 21.4 Å². The number of anilines is 2. The molecule has 2 rings (SSSR count). The Morgan fingerprint density at radius 1 is 1.48 bits per heavy atom. The number of nitrogens with one attached hydrogen (secondary N) is 2. The van der Waals surface area contributed by atoms with Crippen molar-refractivity contribution in [2.75, 3.05) is 11.1 Å². The van der Waals surface area contributed by atoms with E-state index < -0.39 is 5.25 Å². The van der Waals surface area contributed by atoms with Crippen LogP contribution in [0.5, 0.6) is 0 Å². The lowest BCUT2D eigenvalue weighted by atomic mass is 10.2. The number of carbonyl (C=O) groups excluding carboxylic acids is 1. The molecule has 0 aliphatic heterocycles. The minimum atomic E-state index is -0.425. The SMILES string of the molecule is CC[C@H](Sc1nc(N)cc(=O)[nH]1)C(=O)Nc1nnc(C(C)C)s1. The van der Waals surface area contributed by atoms with E-state index in [0.717, 1.165) is 16.8 Å². The highest BCUT2D eigenvalue weighted by Crippen LogP contribution is 2.26. The average molecular weight is 354 g/mol. The van der Waals surface area contributed by atoms with Crippen LogP contribution in [0.1, 0.15) is 38.1 Å². The van der Waals surface area contributed by atoms with Gasteiger partial charge in [-0.05, 0) is 6.42 Å². The van der Waals surface area contributed by atoms with Gasteiger partial charge in [-0.2, -0.15) is 0 Å². The Hall–Kier alpha value is -1.94. The fourth-order valence-electron chi connectivity index (χ4n) is 1.67. The maximum absolute atomic E-state index is 12.4. The summed E-state index contributed by atoms with van der Waals surface area (Å²) in [6.07, 6.45) is 0.560. The van der Waals surface area contributed by atoms with Crippen molar-refractivity contribution in [1.82, 2.24) is 20.2 Å². The maximum atomic E-state index is 12.4. The monoisotopic (exact) mass is 354 g/mol. The van der Waals surface area contributed by atoms with Gasteiger partial charge in [0.1, 0.15) is 10.8 Å². The zero-order valence-electron chi connectivity index (χ0n) is 13.0. The van der Waals surface area contributed by atoms with Crippen LogP contribution in [-0.2, 0) is 4.79 Å². The highest BCUT2D eigenvalue weighted by molar-refractivity contribution is 8.00. The predicted molar refractivity (Wildman–Crippen MR) is 91.8 cm³/mol. The van der Waals surface area contributed by atoms with Gasteiger partial charge >= 0.3 is 0 Å². The molecular weight excluding hydrogens is 336 g/mol. The molecule has 0 saturated heterocycles. The molecule has 2 aromatic rings. The summed E-state index contributed by atoms with van der Waals surface area (Å²) in [5, 5.41) is 12.0. The molecule has 0 radical (unpaired) electrons. The van der Waals surface area contributed by atoms with Crippen LogP contribution in [0.2, 0.25) is 0 Å². The van der Waals surface area contributed by atoms with Gasteiger partial charge in [0.15, 0.2) is 5.16 Å². The molecule has 0 spiro atoms. The molecule has 23 heavy (non-hydrogen) atoms. The molecule has 0 bridgehead atoms. The number of rotatable bonds is 6. The Bertz CT molecular complexity index is 742. The molecule has 1 amide bonds. The molecule has 2 heterocycles. The van der Waals surface area contributed by atoms with Crippen LogP contribution in [0.25, 0.3) is 0 Å². The average Bonchev–Trinajstić information content (AvgIpc) is 2.92. The molecular formula is C13H18N6O2S2. The second kappa shape index (κ2) is 7.55. The number of aromatic nitrogens is 4. The molecule has 0 fully saturated rings. The third-order valence-electron chi connectivity index (χ3n) is 2.82. The first kappa shape index (κ1) is 17.4. The van der Waals surface area contributed by atoms with Gasteiger partial charge in [-0.25, -0.2) is 4.98 Å². The molecule has 2 aromatic heterocycles. The van der Waals surface area contributed by atoms with Crippen molar-refractivity contribution in [2.24, 2.45) is 0 Å². The first-order valence-electron chi connectivity index (χ1n) is 7.06. The van der Waals surface area contributed by atoms with Gasteiger partial charge in [0, 0.05) is 12.0 Å². The summed E-state index contributed by atoms with van der Waals surface area (Å²) in [6.45, 7) is 5.90. The normalized spacial score (nSPS) is 12.3. The van der Waals surface area contributed by atoms with E-state index in [-0.39, 0.29) is 23.2 Å². The quantitative estimate of drug-likeness (QED) is 0.533. The summed E-state index contributed by atoms with van der Waals surface area (Å²) in [5.74, 6) is 0.169. The second-order valence-electron chi connectivity index (χ2n) is 5.08. The number of amides is 1. The topological polar surface area (TPSA) is 127 Å². The summed E-state index contributed by atoms with van der Waals surface area (Å²) in [6, 6.07) is 1.19. The Labute approximate surface area is 141 Å². The minimum Gasteiger partial charge on any atom is -0.383 e. The van der Waals surface area contributed by atoms with Crippen LogP contribution >= 0.6 is 23.1 Å². The van der Waals surface area contributed by atoms with Crippen molar-refractivity contribution in [1.29, 1.82) is 0 Å². The van der Waals surface area contributed by atoms with Crippen molar-refractivity contribution < 1.29 is 4.79 Å². The molecule has 0 saturated carbocycles. The van der Waals surface area contributed by atoms with Crippen LogP contribution in [0.3, 0.4) is 0 Å². The number of carbonyl (C=O) groups is 1. The molecule has 0 aromatic carbocycles. The van der Waals surface area contributed by atoms with Gasteiger partial charge in [-0.3, -0.25) is 14.9 Å². The summed E-state index contributed by atoms with van der Waals surface area (Å²) >= 11 is 2.51. The fourth-order valence-corrected chi connectivity index (χ4v) is 3.34. The van der Waals surface area contributed by atoms with E-state index in [1.807, 2.05) is 20.8 Å². The number of nitrogens with zero attached hydrogens (tertiary/aromatic N) is 3. The molecule has 1 atom stereocenters. The second-order valence-corrected chi connectivity index (χ2v) is 7.28. The highest BCUT2D eigenvalue weighted by atomic mass is 32.2. The molecule has 8 nitrogen and oxygen atoms in total. The van der Waals surface area contributed by atoms with E-state index in [2.05, 4.69) is 25.5 Å². The zero-order valence-corrected chi connectivity index (χ0v) is 14.6. The van der Waals surface area contributed by atoms with Crippen molar-refractivity contribution in [3.8, 4) is 0 Å². The van der Waals surface area contributed by atoms with Crippen LogP contribution in [0, 0.1) is 0 Å². The van der Waals surface area contributed by atoms with E-state index in [9.17, 15) is 9.59 Å². The summed E-state index contributed by atoms with van der Waals surface area (Å²) in [5.41, 5.74) is 5.20. The minimum absolute atomic E-state index is 0.122. The van der Waals surface area contributed by atoms with Crippen LogP contribution in [-0.4, -0.2) is 31.3 Å². The van der Waals surface area contributed by atoms with Gasteiger partial charge in [0.25, 0.3) is 5.56 Å². The van der Waals surface area contributed by atoms with E-state index >= 15 is 0 Å². The Kier molecular flexibility index (Phi) is 5.72. The maximum Gasteiger partial charge on any atom is 0.253 e. The number of H-pyrrole nitrogens is 1. The number of nitrogens with two attached hydrogens (primary N) is 1. The van der Waals surface area contributed by atoms with E-state index in [0.29, 0.717) is 16.7 Å². The largest absolute Gasteiger partial charge is 0.383 e. The summed E-state index contributed by atoms with van der Waals surface area (Å²) < 4.78 is 0. The Morgan fingerprint density at radius 2 is 2.22 bits per heavy atom. The molecule has 10 heteroatoms. The lowest BCUT2D eigenvalue weighted by molar-refractivity contribution is -0.115. The Morgan fingerprint density at radius 3 is 2.78 bits per heavy atom. The predicted octanol–water partition coefficient (Wildman–Crippen LogP) is 1.84. The number of hydrogen-bond donors (Lipinski definition) is 3. The lowest BCUT2D eigenvalue weighted by Crippen LogP contribution is -2.25. The van der Waals surface area contributed by atoms with Crippen LogP contribution in [0.4, 0.5) is 10.9 Å². The van der Waals surface area contributed by atoms with Gasteiger partial charge in [0.05, 0.1) is 5.25 Å². The molecule has 0 unspecified atom stereocenters. The van der Waals surface area contributed by atoms with Crippen molar-refractivity contribution in [3.63, 3.8) is 0 Å². The van der Waals surface area contributed by atoms with Gasteiger partial charge in [0.2, 0.25) is 11.0 Å². The van der Waals surface area contributed by atoms with E-state index in [1.54, 1.807) is 0 Å². The highest BCUT2D eigenvalue weighted by Gasteiger charge is 2.21. The van der Waals surface area contributed by atoms with Crippen LogP contribution in [0.15, 0.2) is 16.0 Å². The number of nitrogen functional groups attached to an aromatic ring is 1. The summed E-state index contributed by atoms with van der Waals surface area (Å²) in [7, 11) is 0.